The average Bonchev–Trinajstić information content (AvgIpc) is 2.88. The van der Waals surface area contributed by atoms with Gasteiger partial charge in [-0.1, -0.05) is 12.1 Å². The van der Waals surface area contributed by atoms with Gasteiger partial charge in [0.1, 0.15) is 11.4 Å². The number of aromatic nitrogens is 2. The molecule has 0 unspecified atom stereocenters. The zero-order chi connectivity index (χ0) is 19.6. The topological polar surface area (TPSA) is 108 Å². The molecule has 0 aliphatic carbocycles. The van der Waals surface area contributed by atoms with E-state index in [1.165, 1.54) is 0 Å². The van der Waals surface area contributed by atoms with Crippen molar-refractivity contribution in [2.75, 3.05) is 18.6 Å². The Balaban J connectivity index is 0.000000156. The summed E-state index contributed by atoms with van der Waals surface area (Å²) in [4.78, 5) is 31.9. The molecule has 142 valence electrons. The monoisotopic (exact) mass is 370 g/mol. The number of hydrogen-bond donors (Lipinski definition) is 1. The Morgan fingerprint density at radius 1 is 1.30 bits per heavy atom. The molecule has 8 heteroatoms. The Hall–Kier alpha value is -3.00. The predicted molar refractivity (Wildman–Crippen MR) is 98.3 cm³/mol. The van der Waals surface area contributed by atoms with Crippen LogP contribution < -0.4 is 15.4 Å². The molecule has 0 saturated heterocycles. The smallest absolute Gasteiger partial charge is 0.286 e. The van der Waals surface area contributed by atoms with Crippen LogP contribution in [-0.4, -0.2) is 35.4 Å². The molecule has 4 rings (SSSR count). The lowest BCUT2D eigenvalue weighted by molar-refractivity contribution is -0.118. The van der Waals surface area contributed by atoms with Crippen molar-refractivity contribution in [3.63, 3.8) is 0 Å². The number of rotatable bonds is 1. The minimum Gasteiger partial charge on any atom is -0.491 e. The van der Waals surface area contributed by atoms with Crippen LogP contribution in [0.15, 0.2) is 30.5 Å². The van der Waals surface area contributed by atoms with Gasteiger partial charge < -0.3 is 20.1 Å². The molecule has 3 heterocycles. The second-order valence-corrected chi connectivity index (χ2v) is 6.75. The molecule has 1 aromatic carbocycles. The first-order valence-corrected chi connectivity index (χ1v) is 8.58. The van der Waals surface area contributed by atoms with E-state index in [9.17, 15) is 9.59 Å². The SMILES string of the molecule is CC1(C)OCc2cnc(C(N)=O)nc21.CN1C(=O)CCOc2ccccc21. The van der Waals surface area contributed by atoms with Gasteiger partial charge in [-0.2, -0.15) is 0 Å². The summed E-state index contributed by atoms with van der Waals surface area (Å²) in [5.41, 5.74) is 7.16. The second kappa shape index (κ2) is 7.32. The van der Waals surface area contributed by atoms with E-state index in [0.29, 0.717) is 19.6 Å². The Bertz CT molecular complexity index is 882. The summed E-state index contributed by atoms with van der Waals surface area (Å²) < 4.78 is 10.9. The standard InChI is InChI=1S/C10H11NO2.C9H11N3O2/c1-11-8-4-2-3-5-9(8)13-7-6-10(11)12;1-9(2)6-5(4-14-9)3-11-8(12-6)7(10)13/h2-5H,6-7H2,1H3;3H,4H2,1-2H3,(H2,10,13). The number of nitrogens with zero attached hydrogens (tertiary/aromatic N) is 3. The van der Waals surface area contributed by atoms with Gasteiger partial charge in [0.25, 0.3) is 5.91 Å². The number of anilines is 1. The van der Waals surface area contributed by atoms with Gasteiger partial charge >= 0.3 is 0 Å². The van der Waals surface area contributed by atoms with Crippen LogP contribution >= 0.6 is 0 Å². The summed E-state index contributed by atoms with van der Waals surface area (Å²) in [5.74, 6) is 0.318. The first-order valence-electron chi connectivity index (χ1n) is 8.58. The van der Waals surface area contributed by atoms with Crippen molar-refractivity contribution in [1.29, 1.82) is 0 Å². The van der Waals surface area contributed by atoms with E-state index < -0.39 is 11.5 Å². The van der Waals surface area contributed by atoms with E-state index in [4.69, 9.17) is 15.2 Å². The minimum absolute atomic E-state index is 0.0438. The van der Waals surface area contributed by atoms with Gasteiger partial charge in [-0.05, 0) is 26.0 Å². The van der Waals surface area contributed by atoms with Crippen LogP contribution in [0, 0.1) is 0 Å². The molecule has 2 N–H and O–H groups in total. The molecule has 0 spiro atoms. The molecule has 0 atom stereocenters. The first-order chi connectivity index (χ1) is 12.8. The van der Waals surface area contributed by atoms with Gasteiger partial charge in [0.2, 0.25) is 11.7 Å². The fourth-order valence-electron chi connectivity index (χ4n) is 2.89. The van der Waals surface area contributed by atoms with E-state index in [2.05, 4.69) is 9.97 Å². The number of hydrogen-bond acceptors (Lipinski definition) is 6. The summed E-state index contributed by atoms with van der Waals surface area (Å²) in [6, 6.07) is 7.57. The third kappa shape index (κ3) is 3.90. The van der Waals surface area contributed by atoms with Crippen LogP contribution in [0.4, 0.5) is 5.69 Å². The fraction of sp³-hybridized carbons (Fsp3) is 0.368. The lowest BCUT2D eigenvalue weighted by Crippen LogP contribution is -2.24. The third-order valence-corrected chi connectivity index (χ3v) is 4.42. The van der Waals surface area contributed by atoms with Gasteiger partial charge in [0.15, 0.2) is 0 Å². The quantitative estimate of drug-likeness (QED) is 0.820. The molecule has 0 fully saturated rings. The van der Waals surface area contributed by atoms with Crippen molar-refractivity contribution in [3.05, 3.63) is 47.5 Å². The van der Waals surface area contributed by atoms with Gasteiger partial charge in [0, 0.05) is 18.8 Å². The highest BCUT2D eigenvalue weighted by molar-refractivity contribution is 5.95. The van der Waals surface area contributed by atoms with Crippen LogP contribution in [0.25, 0.3) is 0 Å². The molecule has 0 bridgehead atoms. The first kappa shape index (κ1) is 18.8. The maximum atomic E-state index is 11.4. The van der Waals surface area contributed by atoms with E-state index in [1.54, 1.807) is 18.1 Å². The van der Waals surface area contributed by atoms with Crippen molar-refractivity contribution in [1.82, 2.24) is 9.97 Å². The molecular formula is C19H22N4O4. The number of primary amides is 1. The van der Waals surface area contributed by atoms with Crippen LogP contribution in [0.3, 0.4) is 0 Å². The Kier molecular flexibility index (Phi) is 5.09. The second-order valence-electron chi connectivity index (χ2n) is 6.75. The average molecular weight is 370 g/mol. The molecule has 8 nitrogen and oxygen atoms in total. The van der Waals surface area contributed by atoms with Crippen LogP contribution in [-0.2, 0) is 21.7 Å². The highest BCUT2D eigenvalue weighted by Crippen LogP contribution is 2.33. The fourth-order valence-corrected chi connectivity index (χ4v) is 2.89. The van der Waals surface area contributed by atoms with Crippen LogP contribution in [0.1, 0.15) is 42.1 Å². The van der Waals surface area contributed by atoms with Gasteiger partial charge in [-0.15, -0.1) is 0 Å². The van der Waals surface area contributed by atoms with E-state index in [-0.39, 0.29) is 11.7 Å². The van der Waals surface area contributed by atoms with Crippen LogP contribution in [0.2, 0.25) is 0 Å². The number of ether oxygens (including phenoxy) is 2. The van der Waals surface area contributed by atoms with Crippen molar-refractivity contribution < 1.29 is 19.1 Å². The summed E-state index contributed by atoms with van der Waals surface area (Å²) >= 11 is 0. The van der Waals surface area contributed by atoms with Gasteiger partial charge in [0.05, 0.1) is 31.0 Å². The molecule has 1 aromatic heterocycles. The molecule has 0 saturated carbocycles. The highest BCUT2D eigenvalue weighted by atomic mass is 16.5. The summed E-state index contributed by atoms with van der Waals surface area (Å²) in [6.07, 6.45) is 2.04. The molecule has 27 heavy (non-hydrogen) atoms. The number of fused-ring (bicyclic) bond motifs is 2. The van der Waals surface area contributed by atoms with Crippen molar-refractivity contribution >= 4 is 17.5 Å². The number of benzene rings is 1. The van der Waals surface area contributed by atoms with Crippen molar-refractivity contribution in [2.45, 2.75) is 32.5 Å². The molecule has 2 aliphatic heterocycles. The third-order valence-electron chi connectivity index (χ3n) is 4.42. The zero-order valence-electron chi connectivity index (χ0n) is 15.6. The number of carbonyl (C=O) groups is 2. The zero-order valence-corrected chi connectivity index (χ0v) is 15.6. The Morgan fingerprint density at radius 2 is 2.04 bits per heavy atom. The number of para-hydroxylation sites is 2. The number of carbonyl (C=O) groups excluding carboxylic acids is 2. The van der Waals surface area contributed by atoms with Crippen molar-refractivity contribution in [3.8, 4) is 5.75 Å². The summed E-state index contributed by atoms with van der Waals surface area (Å²) in [6.45, 7) is 4.76. The molecule has 2 aromatic rings. The van der Waals surface area contributed by atoms with E-state index in [1.807, 2.05) is 38.1 Å². The lowest BCUT2D eigenvalue weighted by Gasteiger charge is -2.16. The summed E-state index contributed by atoms with van der Waals surface area (Å²) in [5, 5.41) is 0. The van der Waals surface area contributed by atoms with Gasteiger partial charge in [-0.3, -0.25) is 9.59 Å². The molecule has 2 aliphatic rings. The van der Waals surface area contributed by atoms with E-state index >= 15 is 0 Å². The molecule has 0 radical (unpaired) electrons. The van der Waals surface area contributed by atoms with Gasteiger partial charge in [-0.25, -0.2) is 9.97 Å². The Labute approximate surface area is 157 Å². The minimum atomic E-state index is -0.615. The largest absolute Gasteiger partial charge is 0.491 e. The molecular weight excluding hydrogens is 348 g/mol. The number of amides is 2. The van der Waals surface area contributed by atoms with Crippen LogP contribution in [0.5, 0.6) is 5.75 Å². The summed E-state index contributed by atoms with van der Waals surface area (Å²) in [7, 11) is 1.77. The molecule has 2 amide bonds. The maximum absolute atomic E-state index is 11.4. The van der Waals surface area contributed by atoms with E-state index in [0.717, 1.165) is 22.7 Å². The van der Waals surface area contributed by atoms with Crippen molar-refractivity contribution in [2.24, 2.45) is 5.73 Å². The maximum Gasteiger partial charge on any atom is 0.286 e. The Morgan fingerprint density at radius 3 is 2.78 bits per heavy atom. The number of nitrogens with two attached hydrogens (primary N) is 1. The predicted octanol–water partition coefficient (Wildman–Crippen LogP) is 1.77. The normalized spacial score (nSPS) is 17.0. The lowest BCUT2D eigenvalue weighted by atomic mass is 10.0. The highest BCUT2D eigenvalue weighted by Gasteiger charge is 2.33.